The number of rotatable bonds is 2. The average Bonchev–Trinajstić information content (AvgIpc) is 2.92. The monoisotopic (exact) mass is 467 g/mol. The number of esters is 1. The number of nitrogens with one attached hydrogen (secondary N) is 1. The molecule has 1 aromatic heterocycles. The van der Waals surface area contributed by atoms with E-state index in [1.54, 1.807) is 22.6 Å². The molecule has 0 bridgehead atoms. The first kappa shape index (κ1) is 20.7. The lowest BCUT2D eigenvalue weighted by Crippen LogP contribution is -2.54. The Labute approximate surface area is 192 Å². The van der Waals surface area contributed by atoms with E-state index in [-0.39, 0.29) is 24.2 Å². The SMILES string of the molecule is CC(=O)Oc1c2n(ccc1=O)N(C1c3ccccc3CSc3cc(Cl)ccc31)CNC2=O. The Morgan fingerprint density at radius 2 is 1.97 bits per heavy atom. The van der Waals surface area contributed by atoms with Crippen molar-refractivity contribution in [2.24, 2.45) is 0 Å². The first-order valence-electron chi connectivity index (χ1n) is 9.93. The summed E-state index contributed by atoms with van der Waals surface area (Å²) in [4.78, 5) is 37.9. The summed E-state index contributed by atoms with van der Waals surface area (Å²) < 4.78 is 6.75. The van der Waals surface area contributed by atoms with E-state index >= 15 is 0 Å². The van der Waals surface area contributed by atoms with E-state index in [1.807, 2.05) is 35.3 Å². The molecule has 0 saturated heterocycles. The number of thioether (sulfide) groups is 1. The lowest BCUT2D eigenvalue weighted by Gasteiger charge is -2.40. The molecule has 0 aliphatic carbocycles. The zero-order valence-electron chi connectivity index (χ0n) is 17.0. The maximum absolute atomic E-state index is 12.8. The highest BCUT2D eigenvalue weighted by Gasteiger charge is 2.35. The number of nitrogens with zero attached hydrogens (tertiary/aromatic N) is 2. The fraction of sp³-hybridized carbons (Fsp3) is 0.174. The second-order valence-corrected chi connectivity index (χ2v) is 8.93. The molecular formula is C23H18ClN3O4S. The highest BCUT2D eigenvalue weighted by molar-refractivity contribution is 7.98. The Morgan fingerprint density at radius 1 is 1.16 bits per heavy atom. The summed E-state index contributed by atoms with van der Waals surface area (Å²) in [6.07, 6.45) is 1.54. The lowest BCUT2D eigenvalue weighted by atomic mass is 9.94. The van der Waals surface area contributed by atoms with Crippen LogP contribution in [0.1, 0.15) is 40.1 Å². The number of pyridine rings is 1. The summed E-state index contributed by atoms with van der Waals surface area (Å²) >= 11 is 7.99. The van der Waals surface area contributed by atoms with Crippen LogP contribution < -0.4 is 20.5 Å². The predicted molar refractivity (Wildman–Crippen MR) is 122 cm³/mol. The van der Waals surface area contributed by atoms with Crippen LogP contribution in [0.5, 0.6) is 5.75 Å². The summed E-state index contributed by atoms with van der Waals surface area (Å²) in [5.41, 5.74) is 2.72. The molecule has 1 unspecified atom stereocenters. The molecular weight excluding hydrogens is 450 g/mol. The molecule has 0 spiro atoms. The summed E-state index contributed by atoms with van der Waals surface area (Å²) in [6.45, 7) is 1.39. The normalized spacial score (nSPS) is 16.9. The molecule has 1 N–H and O–H groups in total. The first-order chi connectivity index (χ1) is 15.4. The van der Waals surface area contributed by atoms with Gasteiger partial charge < -0.3 is 10.1 Å². The van der Waals surface area contributed by atoms with E-state index in [2.05, 4.69) is 17.4 Å². The van der Waals surface area contributed by atoms with Gasteiger partial charge in [0.15, 0.2) is 5.69 Å². The Bertz CT molecular complexity index is 1320. The Balaban J connectivity index is 1.75. The third kappa shape index (κ3) is 3.45. The molecule has 0 saturated carbocycles. The number of aromatic nitrogens is 1. The van der Waals surface area contributed by atoms with E-state index in [0.29, 0.717) is 5.02 Å². The van der Waals surface area contributed by atoms with Crippen LogP contribution in [-0.4, -0.2) is 23.2 Å². The van der Waals surface area contributed by atoms with Gasteiger partial charge in [-0.25, -0.2) is 0 Å². The van der Waals surface area contributed by atoms with Crippen LogP contribution in [0.15, 0.2) is 64.4 Å². The maximum atomic E-state index is 12.8. The molecule has 1 amide bonds. The number of amides is 1. The van der Waals surface area contributed by atoms with Gasteiger partial charge in [-0.1, -0.05) is 41.9 Å². The number of carbonyl (C=O) groups excluding carboxylic acids is 2. The molecule has 2 aromatic carbocycles. The van der Waals surface area contributed by atoms with E-state index < -0.39 is 17.3 Å². The second kappa shape index (κ2) is 8.03. The molecule has 1 atom stereocenters. The smallest absolute Gasteiger partial charge is 0.308 e. The molecule has 7 nitrogen and oxygen atoms in total. The number of halogens is 1. The van der Waals surface area contributed by atoms with Crippen LogP contribution in [0.3, 0.4) is 0 Å². The van der Waals surface area contributed by atoms with Gasteiger partial charge >= 0.3 is 5.97 Å². The van der Waals surface area contributed by atoms with Gasteiger partial charge in [0, 0.05) is 34.9 Å². The van der Waals surface area contributed by atoms with E-state index in [4.69, 9.17) is 16.3 Å². The summed E-state index contributed by atoms with van der Waals surface area (Å²) in [6, 6.07) is 14.9. The van der Waals surface area contributed by atoms with Crippen molar-refractivity contribution in [3.8, 4) is 5.75 Å². The molecule has 2 aliphatic heterocycles. The van der Waals surface area contributed by atoms with Crippen LogP contribution in [0.4, 0.5) is 0 Å². The van der Waals surface area contributed by atoms with Gasteiger partial charge in [-0.15, -0.1) is 11.8 Å². The quantitative estimate of drug-likeness (QED) is 0.581. The highest BCUT2D eigenvalue weighted by Crippen LogP contribution is 2.43. The minimum atomic E-state index is -0.669. The number of hydrogen-bond acceptors (Lipinski definition) is 6. The lowest BCUT2D eigenvalue weighted by molar-refractivity contribution is -0.132. The number of fused-ring (bicyclic) bond motifs is 3. The van der Waals surface area contributed by atoms with Gasteiger partial charge in [-0.05, 0) is 28.8 Å². The Morgan fingerprint density at radius 3 is 2.78 bits per heavy atom. The summed E-state index contributed by atoms with van der Waals surface area (Å²) in [7, 11) is 0. The molecule has 5 rings (SSSR count). The van der Waals surface area contributed by atoms with E-state index in [9.17, 15) is 14.4 Å². The van der Waals surface area contributed by atoms with Gasteiger partial charge in [0.2, 0.25) is 11.2 Å². The van der Waals surface area contributed by atoms with Gasteiger partial charge in [0.1, 0.15) is 6.67 Å². The van der Waals surface area contributed by atoms with Crippen LogP contribution in [0, 0.1) is 0 Å². The molecule has 0 fully saturated rings. The van der Waals surface area contributed by atoms with Crippen LogP contribution in [0.2, 0.25) is 5.02 Å². The third-order valence-electron chi connectivity index (χ3n) is 5.48. The summed E-state index contributed by atoms with van der Waals surface area (Å²) in [5, 5.41) is 5.42. The average molecular weight is 468 g/mol. The number of hydrogen-bond donors (Lipinski definition) is 1. The predicted octanol–water partition coefficient (Wildman–Crippen LogP) is 3.46. The van der Waals surface area contributed by atoms with Crippen molar-refractivity contribution in [3.63, 3.8) is 0 Å². The molecule has 3 heterocycles. The van der Waals surface area contributed by atoms with Crippen molar-refractivity contribution in [2.75, 3.05) is 11.7 Å². The standard InChI is InChI=1S/C23H18ClN3O4S/c1-13(28)31-22-18(29)8-9-26-21(22)23(30)25-12-27(26)20-16-5-3-2-4-14(16)11-32-19-10-15(24)6-7-17(19)20/h2-10,20H,11-12H2,1H3,(H,25,30). The fourth-order valence-corrected chi connectivity index (χ4v) is 5.50. The van der Waals surface area contributed by atoms with Crippen molar-refractivity contribution in [2.45, 2.75) is 23.6 Å². The molecule has 2 aliphatic rings. The minimum absolute atomic E-state index is 0.0103. The molecule has 32 heavy (non-hydrogen) atoms. The molecule has 3 aromatic rings. The first-order valence-corrected chi connectivity index (χ1v) is 11.3. The highest BCUT2D eigenvalue weighted by atomic mass is 35.5. The second-order valence-electron chi connectivity index (χ2n) is 7.47. The molecule has 0 radical (unpaired) electrons. The van der Waals surface area contributed by atoms with Crippen LogP contribution >= 0.6 is 23.4 Å². The Kier molecular flexibility index (Phi) is 5.19. The van der Waals surface area contributed by atoms with Crippen molar-refractivity contribution >= 4 is 35.2 Å². The summed E-state index contributed by atoms with van der Waals surface area (Å²) in [5.74, 6) is -0.662. The number of ether oxygens (including phenoxy) is 1. The van der Waals surface area contributed by atoms with Crippen molar-refractivity contribution in [3.05, 3.63) is 92.4 Å². The Hall–Kier alpha value is -3.23. The van der Waals surface area contributed by atoms with E-state index in [1.165, 1.54) is 13.0 Å². The van der Waals surface area contributed by atoms with Crippen LogP contribution in [-0.2, 0) is 10.5 Å². The third-order valence-corrected chi connectivity index (χ3v) is 6.83. The van der Waals surface area contributed by atoms with Crippen molar-refractivity contribution < 1.29 is 14.3 Å². The largest absolute Gasteiger partial charge is 0.420 e. The topological polar surface area (TPSA) is 80.6 Å². The van der Waals surface area contributed by atoms with Gasteiger partial charge in [0.05, 0.1) is 6.04 Å². The van der Waals surface area contributed by atoms with Gasteiger partial charge in [-0.2, -0.15) is 0 Å². The van der Waals surface area contributed by atoms with E-state index in [0.717, 1.165) is 27.3 Å². The van der Waals surface area contributed by atoms with Crippen molar-refractivity contribution in [1.29, 1.82) is 0 Å². The minimum Gasteiger partial charge on any atom is -0.420 e. The number of benzene rings is 2. The molecule has 9 heteroatoms. The zero-order chi connectivity index (χ0) is 22.4. The fourth-order valence-electron chi connectivity index (χ4n) is 4.14. The molecule has 162 valence electrons. The zero-order valence-corrected chi connectivity index (χ0v) is 18.6. The van der Waals surface area contributed by atoms with Gasteiger partial charge in [0.25, 0.3) is 5.91 Å². The van der Waals surface area contributed by atoms with Crippen LogP contribution in [0.25, 0.3) is 0 Å². The number of carbonyl (C=O) groups is 2. The maximum Gasteiger partial charge on any atom is 0.308 e. The van der Waals surface area contributed by atoms with Gasteiger partial charge in [-0.3, -0.25) is 24.1 Å². The van der Waals surface area contributed by atoms with Crippen molar-refractivity contribution in [1.82, 2.24) is 9.99 Å².